The Morgan fingerprint density at radius 3 is 2.46 bits per heavy atom. The molecule has 0 atom stereocenters. The molecule has 0 radical (unpaired) electrons. The molecule has 0 aliphatic heterocycles. The van der Waals surface area contributed by atoms with E-state index >= 15 is 0 Å². The van der Waals surface area contributed by atoms with Crippen LogP contribution >= 0.6 is 15.9 Å². The Hall–Kier alpha value is -3.45. The number of carbonyl (C=O) groups excluding carboxylic acids is 2. The van der Waals surface area contributed by atoms with Crippen LogP contribution < -0.4 is 0 Å². The van der Waals surface area contributed by atoms with E-state index in [9.17, 15) is 14.0 Å². The molecule has 0 spiro atoms. The van der Waals surface area contributed by atoms with Crippen LogP contribution in [0.4, 0.5) is 4.39 Å². The SMILES string of the molecule is CC(C)CN(CC(=O)N(CCc1c[nH]c2ccccc12)Cc1ccc(F)cc1)C(=O)c1cccc(Br)c1. The molecule has 37 heavy (non-hydrogen) atoms. The van der Waals surface area contributed by atoms with Crippen molar-refractivity contribution >= 4 is 38.6 Å². The van der Waals surface area contributed by atoms with Gasteiger partial charge in [-0.25, -0.2) is 4.39 Å². The van der Waals surface area contributed by atoms with Gasteiger partial charge in [-0.2, -0.15) is 0 Å². The number of fused-ring (bicyclic) bond motifs is 1. The first-order chi connectivity index (χ1) is 17.8. The van der Waals surface area contributed by atoms with Crippen LogP contribution in [0.3, 0.4) is 0 Å². The molecular formula is C30H31BrFN3O2. The average Bonchev–Trinajstić information content (AvgIpc) is 3.29. The molecule has 192 valence electrons. The molecular weight excluding hydrogens is 533 g/mol. The fraction of sp³-hybridized carbons (Fsp3) is 0.267. The summed E-state index contributed by atoms with van der Waals surface area (Å²) in [6.45, 7) is 5.29. The van der Waals surface area contributed by atoms with Crippen molar-refractivity contribution in [1.82, 2.24) is 14.8 Å². The van der Waals surface area contributed by atoms with E-state index in [0.717, 1.165) is 26.5 Å². The van der Waals surface area contributed by atoms with E-state index in [4.69, 9.17) is 0 Å². The van der Waals surface area contributed by atoms with Crippen molar-refractivity contribution in [2.75, 3.05) is 19.6 Å². The van der Waals surface area contributed by atoms with Gasteiger partial charge in [0.2, 0.25) is 5.91 Å². The highest BCUT2D eigenvalue weighted by Gasteiger charge is 2.24. The fourth-order valence-corrected chi connectivity index (χ4v) is 4.82. The highest BCUT2D eigenvalue weighted by atomic mass is 79.9. The number of carbonyl (C=O) groups is 2. The minimum atomic E-state index is -0.317. The Labute approximate surface area is 225 Å². The molecule has 0 saturated carbocycles. The van der Waals surface area contributed by atoms with E-state index in [1.165, 1.54) is 12.1 Å². The molecule has 0 bridgehead atoms. The second kappa shape index (κ2) is 12.2. The largest absolute Gasteiger partial charge is 0.361 e. The number of benzene rings is 3. The molecule has 0 fully saturated rings. The molecule has 0 saturated heterocycles. The lowest BCUT2D eigenvalue weighted by molar-refractivity contribution is -0.132. The molecule has 1 aromatic heterocycles. The minimum absolute atomic E-state index is 0.0292. The molecule has 3 aromatic carbocycles. The van der Waals surface area contributed by atoms with Crippen LogP contribution in [-0.4, -0.2) is 46.2 Å². The highest BCUT2D eigenvalue weighted by Crippen LogP contribution is 2.20. The Morgan fingerprint density at radius 1 is 0.973 bits per heavy atom. The number of aromatic amines is 1. The molecule has 1 heterocycles. The predicted octanol–water partition coefficient (Wildman–Crippen LogP) is 6.44. The van der Waals surface area contributed by atoms with E-state index in [-0.39, 0.29) is 30.1 Å². The van der Waals surface area contributed by atoms with Gasteiger partial charge >= 0.3 is 0 Å². The second-order valence-electron chi connectivity index (χ2n) is 9.64. The van der Waals surface area contributed by atoms with Crippen LogP contribution in [0.25, 0.3) is 10.9 Å². The lowest BCUT2D eigenvalue weighted by atomic mass is 10.1. The van der Waals surface area contributed by atoms with E-state index < -0.39 is 0 Å². The quantitative estimate of drug-likeness (QED) is 0.241. The summed E-state index contributed by atoms with van der Waals surface area (Å²) in [7, 11) is 0. The number of nitrogens with one attached hydrogen (secondary N) is 1. The van der Waals surface area contributed by atoms with Crippen LogP contribution in [0, 0.1) is 11.7 Å². The smallest absolute Gasteiger partial charge is 0.254 e. The summed E-state index contributed by atoms with van der Waals surface area (Å²) < 4.78 is 14.3. The zero-order valence-corrected chi connectivity index (χ0v) is 22.7. The zero-order chi connectivity index (χ0) is 26.4. The third kappa shape index (κ3) is 7.07. The molecule has 5 nitrogen and oxygen atoms in total. The summed E-state index contributed by atoms with van der Waals surface area (Å²) in [6.07, 6.45) is 2.63. The summed E-state index contributed by atoms with van der Waals surface area (Å²) in [5.41, 5.74) is 3.54. The topological polar surface area (TPSA) is 56.4 Å². The summed E-state index contributed by atoms with van der Waals surface area (Å²) in [5.74, 6) is -0.446. The van der Waals surface area contributed by atoms with Crippen molar-refractivity contribution in [2.45, 2.75) is 26.8 Å². The Bertz CT molecular complexity index is 1370. The Balaban J connectivity index is 1.55. The number of aromatic nitrogens is 1. The van der Waals surface area contributed by atoms with Gasteiger partial charge in [0.15, 0.2) is 0 Å². The predicted molar refractivity (Wildman–Crippen MR) is 149 cm³/mol. The van der Waals surface area contributed by atoms with Crippen LogP contribution in [-0.2, 0) is 17.8 Å². The molecule has 0 aliphatic rings. The summed E-state index contributed by atoms with van der Waals surface area (Å²) in [5, 5.41) is 1.13. The van der Waals surface area contributed by atoms with Crippen molar-refractivity contribution in [1.29, 1.82) is 0 Å². The maximum Gasteiger partial charge on any atom is 0.254 e. The number of para-hydroxylation sites is 1. The van der Waals surface area contributed by atoms with Gasteiger partial charge in [-0.3, -0.25) is 9.59 Å². The first kappa shape index (κ1) is 26.6. The van der Waals surface area contributed by atoms with Crippen molar-refractivity contribution in [2.24, 2.45) is 5.92 Å². The molecule has 7 heteroatoms. The number of nitrogens with zero attached hydrogens (tertiary/aromatic N) is 2. The average molecular weight is 564 g/mol. The lowest BCUT2D eigenvalue weighted by Gasteiger charge is -2.29. The first-order valence-electron chi connectivity index (χ1n) is 12.4. The van der Waals surface area contributed by atoms with Crippen LogP contribution in [0.2, 0.25) is 0 Å². The number of halogens is 2. The van der Waals surface area contributed by atoms with Gasteiger partial charge in [0.25, 0.3) is 5.91 Å². The van der Waals surface area contributed by atoms with Gasteiger partial charge < -0.3 is 14.8 Å². The maximum absolute atomic E-state index is 13.7. The minimum Gasteiger partial charge on any atom is -0.361 e. The van der Waals surface area contributed by atoms with E-state index in [1.54, 1.807) is 34.1 Å². The van der Waals surface area contributed by atoms with Crippen LogP contribution in [0.5, 0.6) is 0 Å². The number of hydrogen-bond acceptors (Lipinski definition) is 2. The maximum atomic E-state index is 13.7. The monoisotopic (exact) mass is 563 g/mol. The van der Waals surface area contributed by atoms with E-state index in [2.05, 4.69) is 27.0 Å². The number of H-pyrrole nitrogens is 1. The standard InChI is InChI=1S/C30H31BrFN3O2/c1-21(2)18-35(30(37)23-6-5-7-25(31)16-23)20-29(36)34(19-22-10-12-26(32)13-11-22)15-14-24-17-33-28-9-4-3-8-27(24)28/h3-13,16-17,21,33H,14-15,18-20H2,1-2H3. The van der Waals surface area contributed by atoms with Crippen LogP contribution in [0.15, 0.2) is 83.5 Å². The van der Waals surface area contributed by atoms with Gasteiger partial charge in [-0.15, -0.1) is 0 Å². The van der Waals surface area contributed by atoms with Gasteiger partial charge in [-0.05, 0) is 59.9 Å². The Morgan fingerprint density at radius 2 is 1.73 bits per heavy atom. The van der Waals surface area contributed by atoms with E-state index in [0.29, 0.717) is 31.6 Å². The molecule has 1 N–H and O–H groups in total. The van der Waals surface area contributed by atoms with Crippen LogP contribution in [0.1, 0.15) is 35.3 Å². The van der Waals surface area contributed by atoms with Crippen molar-refractivity contribution in [3.63, 3.8) is 0 Å². The van der Waals surface area contributed by atoms with Gasteiger partial charge in [0.05, 0.1) is 0 Å². The molecule has 2 amide bonds. The Kier molecular flexibility index (Phi) is 8.77. The summed E-state index contributed by atoms with van der Waals surface area (Å²) in [6, 6.07) is 21.5. The molecule has 0 unspecified atom stereocenters. The van der Waals surface area contributed by atoms with Gasteiger partial charge in [0, 0.05) is 46.8 Å². The molecule has 4 aromatic rings. The van der Waals surface area contributed by atoms with Gasteiger partial charge in [0.1, 0.15) is 12.4 Å². The van der Waals surface area contributed by atoms with Crippen molar-refractivity contribution in [3.8, 4) is 0 Å². The lowest BCUT2D eigenvalue weighted by Crippen LogP contribution is -2.44. The van der Waals surface area contributed by atoms with Gasteiger partial charge in [-0.1, -0.05) is 66.2 Å². The summed E-state index contributed by atoms with van der Waals surface area (Å²) in [4.78, 5) is 33.7. The number of amides is 2. The normalized spacial score (nSPS) is 11.2. The third-order valence-corrected chi connectivity index (χ3v) is 6.73. The highest BCUT2D eigenvalue weighted by molar-refractivity contribution is 9.10. The molecule has 4 rings (SSSR count). The molecule has 0 aliphatic carbocycles. The van der Waals surface area contributed by atoms with Crippen molar-refractivity contribution in [3.05, 3.63) is 106 Å². The van der Waals surface area contributed by atoms with Crippen molar-refractivity contribution < 1.29 is 14.0 Å². The fourth-order valence-electron chi connectivity index (χ4n) is 4.42. The number of hydrogen-bond donors (Lipinski definition) is 1. The second-order valence-corrected chi connectivity index (χ2v) is 10.6. The summed E-state index contributed by atoms with van der Waals surface area (Å²) >= 11 is 3.43. The zero-order valence-electron chi connectivity index (χ0n) is 21.1. The third-order valence-electron chi connectivity index (χ3n) is 6.24. The first-order valence-corrected chi connectivity index (χ1v) is 13.2. The van der Waals surface area contributed by atoms with E-state index in [1.807, 2.05) is 50.4 Å². The number of rotatable bonds is 10.